The zero-order valence-electron chi connectivity index (χ0n) is 18.4. The summed E-state index contributed by atoms with van der Waals surface area (Å²) in [5.74, 6) is -0.821. The van der Waals surface area contributed by atoms with Gasteiger partial charge >= 0.3 is 0 Å². The molecule has 1 aliphatic rings. The van der Waals surface area contributed by atoms with Crippen molar-refractivity contribution < 1.29 is 9.18 Å². The van der Waals surface area contributed by atoms with Crippen molar-refractivity contribution in [3.05, 3.63) is 60.0 Å². The molecule has 3 aromatic rings. The van der Waals surface area contributed by atoms with Gasteiger partial charge in [-0.1, -0.05) is 59.1 Å². The lowest BCUT2D eigenvalue weighted by molar-refractivity contribution is 0.100. The Balaban J connectivity index is 0.000000343. The summed E-state index contributed by atoms with van der Waals surface area (Å²) in [7, 11) is 0. The van der Waals surface area contributed by atoms with Crippen LogP contribution in [0.15, 0.2) is 48.7 Å². The van der Waals surface area contributed by atoms with Crippen LogP contribution in [0.25, 0.3) is 22.0 Å². The van der Waals surface area contributed by atoms with Crippen LogP contribution in [-0.4, -0.2) is 28.3 Å². The Morgan fingerprint density at radius 2 is 1.67 bits per heavy atom. The van der Waals surface area contributed by atoms with Gasteiger partial charge in [0, 0.05) is 24.7 Å². The zero-order valence-corrected chi connectivity index (χ0v) is 19.3. The third-order valence-corrected chi connectivity index (χ3v) is 4.82. The molecule has 1 aliphatic heterocycles. The van der Waals surface area contributed by atoms with Gasteiger partial charge < -0.3 is 10.7 Å². The molecule has 0 atom stereocenters. The number of carbonyl (C=O) groups is 1. The number of hydrogen-bond donors (Lipinski definition) is 3. The third-order valence-electron chi connectivity index (χ3n) is 4.42. The summed E-state index contributed by atoms with van der Waals surface area (Å²) >= 11 is 4.19. The highest BCUT2D eigenvalue weighted by Crippen LogP contribution is 2.27. The van der Waals surface area contributed by atoms with E-state index in [1.807, 2.05) is 39.8 Å². The van der Waals surface area contributed by atoms with Crippen LogP contribution in [0.2, 0.25) is 0 Å². The standard InChI is InChI=1S/C15H11FN2O.C5H11NS.2C2H6/c16-12-3-1-2-9(7-12)11-6-10-4-5-18-14(10)13(8-11)15(17)19;7-6-4-2-1-3-5-6;2*1-2/h1-8,18H,(H2,17,19);7H,1-5H2;2*1-2H3. The van der Waals surface area contributed by atoms with Crippen molar-refractivity contribution >= 4 is 29.6 Å². The molecule has 0 spiro atoms. The first-order valence-electron chi connectivity index (χ1n) is 10.7. The van der Waals surface area contributed by atoms with Gasteiger partial charge in [0.2, 0.25) is 0 Å². The molecule has 30 heavy (non-hydrogen) atoms. The monoisotopic (exact) mass is 431 g/mol. The number of amides is 1. The molecule has 0 bridgehead atoms. The van der Waals surface area contributed by atoms with Gasteiger partial charge in [0.25, 0.3) is 5.91 Å². The summed E-state index contributed by atoms with van der Waals surface area (Å²) in [4.78, 5) is 14.5. The van der Waals surface area contributed by atoms with Crippen molar-refractivity contribution in [2.75, 3.05) is 13.1 Å². The number of nitrogens with two attached hydrogens (primary N) is 1. The fourth-order valence-electron chi connectivity index (χ4n) is 3.08. The van der Waals surface area contributed by atoms with Crippen molar-refractivity contribution in [2.45, 2.75) is 47.0 Å². The summed E-state index contributed by atoms with van der Waals surface area (Å²) in [6.07, 6.45) is 5.82. The van der Waals surface area contributed by atoms with Crippen LogP contribution in [0.4, 0.5) is 4.39 Å². The topological polar surface area (TPSA) is 62.1 Å². The van der Waals surface area contributed by atoms with Crippen LogP contribution in [-0.2, 0) is 0 Å². The van der Waals surface area contributed by atoms with Crippen LogP contribution >= 0.6 is 12.8 Å². The van der Waals surface area contributed by atoms with Crippen molar-refractivity contribution in [2.24, 2.45) is 5.73 Å². The Morgan fingerprint density at radius 3 is 2.20 bits per heavy atom. The van der Waals surface area contributed by atoms with Gasteiger partial charge in [-0.05, 0) is 54.3 Å². The highest BCUT2D eigenvalue weighted by molar-refractivity contribution is 7.77. The number of fused-ring (bicyclic) bond motifs is 1. The van der Waals surface area contributed by atoms with Crippen LogP contribution in [0.1, 0.15) is 57.3 Å². The van der Waals surface area contributed by atoms with Crippen molar-refractivity contribution in [3.8, 4) is 11.1 Å². The predicted molar refractivity (Wildman–Crippen MR) is 129 cm³/mol. The van der Waals surface area contributed by atoms with E-state index >= 15 is 0 Å². The molecular weight excluding hydrogens is 397 g/mol. The molecule has 6 heteroatoms. The number of aromatic amines is 1. The largest absolute Gasteiger partial charge is 0.366 e. The fraction of sp³-hybridized carbons (Fsp3) is 0.375. The predicted octanol–water partition coefficient (Wildman–Crippen LogP) is 6.44. The number of piperidine rings is 1. The van der Waals surface area contributed by atoms with E-state index in [0.29, 0.717) is 16.6 Å². The average molecular weight is 432 g/mol. The lowest BCUT2D eigenvalue weighted by atomic mass is 10.00. The summed E-state index contributed by atoms with van der Waals surface area (Å²) in [6, 6.07) is 11.7. The Kier molecular flexibility index (Phi) is 11.9. The molecule has 0 saturated carbocycles. The molecule has 1 amide bonds. The van der Waals surface area contributed by atoms with Crippen molar-refractivity contribution in [1.29, 1.82) is 0 Å². The number of H-pyrrole nitrogens is 1. The highest BCUT2D eigenvalue weighted by Gasteiger charge is 2.11. The Hall–Kier alpha value is -2.31. The van der Waals surface area contributed by atoms with E-state index in [0.717, 1.165) is 10.9 Å². The average Bonchev–Trinajstić information content (AvgIpc) is 3.25. The normalized spacial score (nSPS) is 13.1. The van der Waals surface area contributed by atoms with E-state index in [4.69, 9.17) is 5.73 Å². The number of nitrogens with one attached hydrogen (secondary N) is 1. The molecule has 164 valence electrons. The molecule has 1 saturated heterocycles. The zero-order chi connectivity index (χ0) is 22.5. The first-order valence-corrected chi connectivity index (χ1v) is 11.1. The second-order valence-electron chi connectivity index (χ2n) is 6.35. The van der Waals surface area contributed by atoms with Crippen LogP contribution in [0.3, 0.4) is 0 Å². The molecule has 4 rings (SSSR count). The molecule has 0 radical (unpaired) electrons. The smallest absolute Gasteiger partial charge is 0.250 e. The lowest BCUT2D eigenvalue weighted by Gasteiger charge is -2.19. The molecule has 4 nitrogen and oxygen atoms in total. The highest BCUT2D eigenvalue weighted by atomic mass is 32.1. The maximum Gasteiger partial charge on any atom is 0.250 e. The van der Waals surface area contributed by atoms with Gasteiger partial charge in [0.15, 0.2) is 0 Å². The number of hydrogen-bond acceptors (Lipinski definition) is 3. The molecule has 2 aromatic carbocycles. The van der Waals surface area contributed by atoms with E-state index in [1.54, 1.807) is 24.4 Å². The van der Waals surface area contributed by atoms with Gasteiger partial charge in [-0.15, -0.1) is 0 Å². The number of halogens is 1. The Labute approximate surface area is 185 Å². The second-order valence-corrected chi connectivity index (χ2v) is 6.92. The number of aromatic nitrogens is 1. The first-order chi connectivity index (χ1) is 14.5. The Morgan fingerprint density at radius 1 is 1.00 bits per heavy atom. The molecule has 1 fully saturated rings. The van der Waals surface area contributed by atoms with Crippen LogP contribution in [0.5, 0.6) is 0 Å². The Bertz CT molecular complexity index is 904. The SMILES string of the molecule is CC.CC.NC(=O)c1cc(-c2cccc(F)c2)cc2cc[nH]c12.SN1CCCCC1. The van der Waals surface area contributed by atoms with Gasteiger partial charge in [0.05, 0.1) is 11.1 Å². The van der Waals surface area contributed by atoms with E-state index in [1.165, 1.54) is 44.5 Å². The number of rotatable bonds is 2. The quantitative estimate of drug-likeness (QED) is 0.409. The van der Waals surface area contributed by atoms with Gasteiger partial charge in [-0.2, -0.15) is 0 Å². The maximum atomic E-state index is 13.3. The van der Waals surface area contributed by atoms with Crippen LogP contribution in [0, 0.1) is 5.82 Å². The van der Waals surface area contributed by atoms with E-state index in [2.05, 4.69) is 22.1 Å². The second kappa shape index (κ2) is 13.8. The summed E-state index contributed by atoms with van der Waals surface area (Å²) < 4.78 is 15.4. The molecule has 0 aliphatic carbocycles. The molecule has 1 aromatic heterocycles. The number of thiol groups is 1. The van der Waals surface area contributed by atoms with Crippen molar-refractivity contribution in [3.63, 3.8) is 0 Å². The third kappa shape index (κ3) is 7.50. The first kappa shape index (κ1) is 25.7. The van der Waals surface area contributed by atoms with E-state index < -0.39 is 5.91 Å². The molecular formula is C24H34FN3OS. The number of carbonyl (C=O) groups excluding carboxylic acids is 1. The lowest BCUT2D eigenvalue weighted by Crippen LogP contribution is -2.19. The minimum atomic E-state index is -0.509. The summed E-state index contributed by atoms with van der Waals surface area (Å²) in [5, 5.41) is 0.871. The summed E-state index contributed by atoms with van der Waals surface area (Å²) in [5.41, 5.74) is 7.97. The number of nitrogens with zero attached hydrogens (tertiary/aromatic N) is 1. The van der Waals surface area contributed by atoms with Gasteiger partial charge in [0.1, 0.15) is 5.82 Å². The summed E-state index contributed by atoms with van der Waals surface area (Å²) in [6.45, 7) is 10.4. The maximum absolute atomic E-state index is 13.3. The molecule has 0 unspecified atom stereocenters. The molecule has 2 heterocycles. The van der Waals surface area contributed by atoms with Crippen LogP contribution < -0.4 is 5.73 Å². The number of benzene rings is 2. The van der Waals surface area contributed by atoms with Gasteiger partial charge in [-0.3, -0.25) is 9.10 Å². The van der Waals surface area contributed by atoms with Crippen molar-refractivity contribution in [1.82, 2.24) is 9.29 Å². The fourth-order valence-corrected chi connectivity index (χ4v) is 3.36. The van der Waals surface area contributed by atoms with E-state index in [-0.39, 0.29) is 5.82 Å². The van der Waals surface area contributed by atoms with E-state index in [9.17, 15) is 9.18 Å². The minimum absolute atomic E-state index is 0.313. The van der Waals surface area contributed by atoms with Gasteiger partial charge in [-0.25, -0.2) is 4.39 Å². The number of primary amides is 1. The molecule has 3 N–H and O–H groups in total. The minimum Gasteiger partial charge on any atom is -0.366 e.